The van der Waals surface area contributed by atoms with E-state index in [4.69, 9.17) is 9.84 Å². The minimum Gasteiger partial charge on any atom is -0.489 e. The van der Waals surface area contributed by atoms with Gasteiger partial charge < -0.3 is 4.74 Å². The molecule has 0 aliphatic heterocycles. The first kappa shape index (κ1) is 24.2. The number of aromatic nitrogens is 2. The van der Waals surface area contributed by atoms with Crippen molar-refractivity contribution >= 4 is 28.1 Å². The first-order valence-corrected chi connectivity index (χ1v) is 12.5. The normalized spacial score (nSPS) is 10.9. The Hall–Kier alpha value is -4.49. The van der Waals surface area contributed by atoms with Crippen molar-refractivity contribution in [3.8, 4) is 22.7 Å². The smallest absolute Gasteiger partial charge is 0.272 e. The van der Waals surface area contributed by atoms with E-state index in [2.05, 4.69) is 26.5 Å². The molecule has 0 aliphatic carbocycles. The van der Waals surface area contributed by atoms with Gasteiger partial charge in [-0.3, -0.25) is 4.79 Å². The van der Waals surface area contributed by atoms with Gasteiger partial charge in [-0.1, -0.05) is 60.7 Å². The molecule has 0 saturated heterocycles. The second-order valence-electron chi connectivity index (χ2n) is 8.19. The van der Waals surface area contributed by atoms with Crippen LogP contribution in [0.2, 0.25) is 0 Å². The zero-order valence-corrected chi connectivity index (χ0v) is 21.4. The number of hydrazone groups is 1. The van der Waals surface area contributed by atoms with Gasteiger partial charge in [0.25, 0.3) is 5.91 Å². The van der Waals surface area contributed by atoms with Gasteiger partial charge in [-0.25, -0.2) is 10.1 Å². The third-order valence-electron chi connectivity index (χ3n) is 5.63. The molecule has 1 N–H and O–H groups in total. The summed E-state index contributed by atoms with van der Waals surface area (Å²) in [7, 11) is 0. The molecule has 5 rings (SSSR count). The number of hydrogen-bond acceptors (Lipinski definition) is 4. The Balaban J connectivity index is 1.38. The lowest BCUT2D eigenvalue weighted by molar-refractivity contribution is 0.0954. The molecular formula is C30H23BrN4O2. The summed E-state index contributed by atoms with van der Waals surface area (Å²) in [6, 6.07) is 34.9. The Morgan fingerprint density at radius 2 is 1.57 bits per heavy atom. The molecule has 0 atom stereocenters. The van der Waals surface area contributed by atoms with Crippen molar-refractivity contribution in [3.05, 3.63) is 137 Å². The maximum absolute atomic E-state index is 12.5. The van der Waals surface area contributed by atoms with Gasteiger partial charge in [0.15, 0.2) is 0 Å². The van der Waals surface area contributed by atoms with Crippen LogP contribution in [-0.4, -0.2) is 21.9 Å². The van der Waals surface area contributed by atoms with Crippen molar-refractivity contribution in [1.29, 1.82) is 0 Å². The molecule has 1 amide bonds. The number of rotatable bonds is 8. The van der Waals surface area contributed by atoms with Crippen LogP contribution < -0.4 is 10.2 Å². The maximum atomic E-state index is 12.5. The highest BCUT2D eigenvalue weighted by atomic mass is 79.9. The van der Waals surface area contributed by atoms with E-state index in [0.717, 1.165) is 33.8 Å². The van der Waals surface area contributed by atoms with E-state index in [-0.39, 0.29) is 5.91 Å². The molecule has 0 radical (unpaired) electrons. The van der Waals surface area contributed by atoms with Gasteiger partial charge in [-0.2, -0.15) is 10.2 Å². The van der Waals surface area contributed by atoms with Crippen LogP contribution in [0.5, 0.6) is 5.75 Å². The van der Waals surface area contributed by atoms with Gasteiger partial charge in [0, 0.05) is 21.8 Å². The standard InChI is InChI=1S/C30H23BrN4O2/c31-28-14-8-7-13-27(28)30(36)33-32-19-24-20-35(25-11-5-2-6-12-25)34-29(24)23-15-17-26(18-16-23)37-21-22-9-3-1-4-10-22/h1-20H,21H2,(H,33,36)/b32-19-. The molecule has 0 aliphatic rings. The number of nitrogens with zero attached hydrogens (tertiary/aromatic N) is 3. The van der Waals surface area contributed by atoms with E-state index in [1.807, 2.05) is 103 Å². The van der Waals surface area contributed by atoms with Crippen LogP contribution in [0, 0.1) is 0 Å². The van der Waals surface area contributed by atoms with Gasteiger partial charge in [-0.05, 0) is 70.0 Å². The minimum absolute atomic E-state index is 0.305. The fourth-order valence-electron chi connectivity index (χ4n) is 3.74. The highest BCUT2D eigenvalue weighted by Gasteiger charge is 2.13. The highest BCUT2D eigenvalue weighted by molar-refractivity contribution is 9.10. The van der Waals surface area contributed by atoms with E-state index in [0.29, 0.717) is 16.6 Å². The van der Waals surface area contributed by atoms with E-state index >= 15 is 0 Å². The number of carbonyl (C=O) groups excluding carboxylic acids is 1. The van der Waals surface area contributed by atoms with Crippen molar-refractivity contribution in [2.45, 2.75) is 6.61 Å². The number of carbonyl (C=O) groups is 1. The van der Waals surface area contributed by atoms with Crippen LogP contribution in [-0.2, 0) is 6.61 Å². The van der Waals surface area contributed by atoms with E-state index in [1.165, 1.54) is 0 Å². The monoisotopic (exact) mass is 550 g/mol. The summed E-state index contributed by atoms with van der Waals surface area (Å²) in [6.45, 7) is 0.498. The van der Waals surface area contributed by atoms with Gasteiger partial charge in [0.1, 0.15) is 18.1 Å². The van der Waals surface area contributed by atoms with Crippen molar-refractivity contribution in [2.24, 2.45) is 5.10 Å². The summed E-state index contributed by atoms with van der Waals surface area (Å²) >= 11 is 3.40. The molecule has 1 heterocycles. The molecule has 1 aromatic heterocycles. The number of amides is 1. The summed E-state index contributed by atoms with van der Waals surface area (Å²) in [5.74, 6) is 0.464. The maximum Gasteiger partial charge on any atom is 0.272 e. The lowest BCUT2D eigenvalue weighted by atomic mass is 10.1. The van der Waals surface area contributed by atoms with Crippen molar-refractivity contribution < 1.29 is 9.53 Å². The highest BCUT2D eigenvalue weighted by Crippen LogP contribution is 2.25. The molecule has 0 fully saturated rings. The van der Waals surface area contributed by atoms with Gasteiger partial charge >= 0.3 is 0 Å². The summed E-state index contributed by atoms with van der Waals surface area (Å²) < 4.78 is 8.43. The Morgan fingerprint density at radius 1 is 0.892 bits per heavy atom. The van der Waals surface area contributed by atoms with Crippen molar-refractivity contribution in [3.63, 3.8) is 0 Å². The van der Waals surface area contributed by atoms with E-state index in [1.54, 1.807) is 23.0 Å². The first-order chi connectivity index (χ1) is 18.2. The van der Waals surface area contributed by atoms with Crippen LogP contribution in [0.25, 0.3) is 16.9 Å². The lowest BCUT2D eigenvalue weighted by Crippen LogP contribution is -2.18. The Labute approximate surface area is 223 Å². The molecule has 7 heteroatoms. The lowest BCUT2D eigenvalue weighted by Gasteiger charge is -2.07. The van der Waals surface area contributed by atoms with Crippen LogP contribution in [0.1, 0.15) is 21.5 Å². The molecule has 182 valence electrons. The molecule has 4 aromatic carbocycles. The topological polar surface area (TPSA) is 68.5 Å². The van der Waals surface area contributed by atoms with Crippen LogP contribution >= 0.6 is 15.9 Å². The zero-order valence-electron chi connectivity index (χ0n) is 19.8. The molecule has 0 saturated carbocycles. The largest absolute Gasteiger partial charge is 0.489 e. The predicted molar refractivity (Wildman–Crippen MR) is 149 cm³/mol. The molecular weight excluding hydrogens is 528 g/mol. The second kappa shape index (κ2) is 11.5. The fourth-order valence-corrected chi connectivity index (χ4v) is 4.20. The van der Waals surface area contributed by atoms with Crippen LogP contribution in [0.3, 0.4) is 0 Å². The predicted octanol–water partition coefficient (Wildman–Crippen LogP) is 6.64. The third kappa shape index (κ3) is 6.02. The molecule has 6 nitrogen and oxygen atoms in total. The first-order valence-electron chi connectivity index (χ1n) is 11.7. The number of halogens is 1. The van der Waals surface area contributed by atoms with E-state index in [9.17, 15) is 4.79 Å². The Kier molecular flexibility index (Phi) is 7.52. The summed E-state index contributed by atoms with van der Waals surface area (Å²) in [4.78, 5) is 12.5. The second-order valence-corrected chi connectivity index (χ2v) is 9.05. The number of ether oxygens (including phenoxy) is 1. The van der Waals surface area contributed by atoms with Gasteiger partial charge in [0.05, 0.1) is 17.5 Å². The molecule has 0 unspecified atom stereocenters. The van der Waals surface area contributed by atoms with E-state index < -0.39 is 0 Å². The molecule has 0 spiro atoms. The zero-order chi connectivity index (χ0) is 25.5. The average molecular weight is 551 g/mol. The number of benzene rings is 4. The average Bonchev–Trinajstić information content (AvgIpc) is 3.37. The number of hydrogen-bond donors (Lipinski definition) is 1. The van der Waals surface area contributed by atoms with Gasteiger partial charge in [-0.15, -0.1) is 0 Å². The summed E-state index contributed by atoms with van der Waals surface area (Å²) in [5, 5.41) is 9.02. The number of nitrogens with one attached hydrogen (secondary N) is 1. The Morgan fingerprint density at radius 3 is 2.30 bits per heavy atom. The van der Waals surface area contributed by atoms with Crippen molar-refractivity contribution in [1.82, 2.24) is 15.2 Å². The summed E-state index contributed by atoms with van der Waals surface area (Å²) in [6.07, 6.45) is 3.49. The van der Waals surface area contributed by atoms with Gasteiger partial charge in [0.2, 0.25) is 0 Å². The summed E-state index contributed by atoms with van der Waals surface area (Å²) in [5.41, 5.74) is 7.53. The quantitative estimate of drug-likeness (QED) is 0.174. The minimum atomic E-state index is -0.305. The van der Waals surface area contributed by atoms with Crippen molar-refractivity contribution in [2.75, 3.05) is 0 Å². The van der Waals surface area contributed by atoms with Crippen LogP contribution in [0.4, 0.5) is 0 Å². The Bertz CT molecular complexity index is 1510. The molecule has 37 heavy (non-hydrogen) atoms. The molecule has 0 bridgehead atoms. The van der Waals surface area contributed by atoms with Crippen LogP contribution in [0.15, 0.2) is 125 Å². The third-order valence-corrected chi connectivity index (χ3v) is 6.32. The molecule has 5 aromatic rings. The SMILES string of the molecule is O=C(N/N=C\c1cn(-c2ccccc2)nc1-c1ccc(OCc2ccccc2)cc1)c1ccccc1Br. The number of para-hydroxylation sites is 1. The fraction of sp³-hybridized carbons (Fsp3) is 0.0333.